The Morgan fingerprint density at radius 2 is 2.00 bits per heavy atom. The maximum atomic E-state index is 4.05. The van der Waals surface area contributed by atoms with Gasteiger partial charge < -0.3 is 4.98 Å². The summed E-state index contributed by atoms with van der Waals surface area (Å²) < 4.78 is 0. The number of hydrogen-bond acceptors (Lipinski definition) is 0. The van der Waals surface area contributed by atoms with Gasteiger partial charge in [-0.25, -0.2) is 0 Å². The molecule has 15 heavy (non-hydrogen) atoms. The molecule has 0 amide bonds. The lowest BCUT2D eigenvalue weighted by molar-refractivity contribution is 1.29. The standard InChI is InChI=1S/C14H17N/c1-5-7-9-13-11(3)12(4)14(15-13)10-8-6-2/h5-10,15H,1,4H2,2-3H3/b8-6-,9-7-,14-10+. The molecule has 1 aromatic heterocycles. The fourth-order valence-corrected chi connectivity index (χ4v) is 1.34. The Morgan fingerprint density at radius 1 is 1.27 bits per heavy atom. The first kappa shape index (κ1) is 11.3. The third kappa shape index (κ3) is 2.59. The third-order valence-electron chi connectivity index (χ3n) is 2.31. The Hall–Kier alpha value is -1.76. The fourth-order valence-electron chi connectivity index (χ4n) is 1.34. The summed E-state index contributed by atoms with van der Waals surface area (Å²) in [5, 5.41) is 2.12. The average Bonchev–Trinajstić information content (AvgIpc) is 2.51. The molecule has 0 saturated carbocycles. The van der Waals surface area contributed by atoms with Gasteiger partial charge in [-0.15, -0.1) is 0 Å². The third-order valence-corrected chi connectivity index (χ3v) is 2.31. The molecule has 0 atom stereocenters. The van der Waals surface area contributed by atoms with Crippen LogP contribution in [0.5, 0.6) is 0 Å². The van der Waals surface area contributed by atoms with Crippen molar-refractivity contribution in [2.45, 2.75) is 13.8 Å². The Balaban J connectivity index is 3.30. The summed E-state index contributed by atoms with van der Waals surface area (Å²) >= 11 is 0. The molecule has 1 rings (SSSR count). The van der Waals surface area contributed by atoms with Gasteiger partial charge in [-0.2, -0.15) is 0 Å². The van der Waals surface area contributed by atoms with Gasteiger partial charge in [0.05, 0.1) is 0 Å². The molecule has 0 aromatic carbocycles. The van der Waals surface area contributed by atoms with Crippen molar-refractivity contribution in [3.8, 4) is 0 Å². The Labute approximate surface area is 90.8 Å². The normalized spacial score (nSPS) is 13.1. The van der Waals surface area contributed by atoms with Gasteiger partial charge >= 0.3 is 0 Å². The highest BCUT2D eigenvalue weighted by atomic mass is 14.7. The van der Waals surface area contributed by atoms with Crippen molar-refractivity contribution in [2.75, 3.05) is 0 Å². The number of aromatic amines is 1. The van der Waals surface area contributed by atoms with Gasteiger partial charge in [-0.1, -0.05) is 37.5 Å². The molecular weight excluding hydrogens is 182 g/mol. The highest BCUT2D eigenvalue weighted by Crippen LogP contribution is 1.99. The molecule has 0 spiro atoms. The van der Waals surface area contributed by atoms with Gasteiger partial charge in [-0.05, 0) is 36.8 Å². The first-order chi connectivity index (χ1) is 7.20. The number of hydrogen-bond donors (Lipinski definition) is 1. The van der Waals surface area contributed by atoms with E-state index in [0.717, 1.165) is 16.3 Å². The van der Waals surface area contributed by atoms with E-state index in [1.54, 1.807) is 6.08 Å². The first-order valence-electron chi connectivity index (χ1n) is 5.00. The predicted molar refractivity (Wildman–Crippen MR) is 68.8 cm³/mol. The second-order valence-electron chi connectivity index (χ2n) is 3.34. The lowest BCUT2D eigenvalue weighted by Gasteiger charge is -1.87. The van der Waals surface area contributed by atoms with Crippen molar-refractivity contribution in [2.24, 2.45) is 0 Å². The molecule has 1 N–H and O–H groups in total. The average molecular weight is 199 g/mol. The van der Waals surface area contributed by atoms with E-state index in [-0.39, 0.29) is 0 Å². The maximum absolute atomic E-state index is 4.05. The van der Waals surface area contributed by atoms with Crippen molar-refractivity contribution >= 4 is 18.7 Å². The summed E-state index contributed by atoms with van der Waals surface area (Å²) in [7, 11) is 0. The summed E-state index contributed by atoms with van der Waals surface area (Å²) in [6.45, 7) is 11.8. The van der Waals surface area contributed by atoms with Crippen LogP contribution in [0.2, 0.25) is 0 Å². The van der Waals surface area contributed by atoms with Gasteiger partial charge in [0, 0.05) is 11.0 Å². The van der Waals surface area contributed by atoms with Crippen molar-refractivity contribution in [3.05, 3.63) is 52.7 Å². The molecule has 0 aliphatic carbocycles. The number of rotatable bonds is 3. The van der Waals surface area contributed by atoms with Crippen LogP contribution in [-0.2, 0) is 0 Å². The lowest BCUT2D eigenvalue weighted by atomic mass is 10.2. The van der Waals surface area contributed by atoms with Crippen molar-refractivity contribution < 1.29 is 0 Å². The summed E-state index contributed by atoms with van der Waals surface area (Å²) in [4.78, 5) is 3.32. The molecule has 1 aromatic rings. The van der Waals surface area contributed by atoms with E-state index >= 15 is 0 Å². The van der Waals surface area contributed by atoms with Crippen LogP contribution in [0.25, 0.3) is 18.7 Å². The number of H-pyrrole nitrogens is 1. The van der Waals surface area contributed by atoms with Gasteiger partial charge in [0.25, 0.3) is 0 Å². The van der Waals surface area contributed by atoms with Crippen LogP contribution in [0, 0.1) is 6.92 Å². The molecule has 1 nitrogen and oxygen atoms in total. The van der Waals surface area contributed by atoms with Crippen LogP contribution in [0.4, 0.5) is 0 Å². The van der Waals surface area contributed by atoms with E-state index in [0.29, 0.717) is 0 Å². The quantitative estimate of drug-likeness (QED) is 0.719. The Kier molecular flexibility index (Phi) is 3.92. The summed E-state index contributed by atoms with van der Waals surface area (Å²) in [6, 6.07) is 0. The molecule has 0 aliphatic rings. The van der Waals surface area contributed by atoms with Crippen LogP contribution in [0.15, 0.2) is 30.9 Å². The SMILES string of the molecule is C=C/C=C\c1[nH]/c(=C/C=C\C)c(=C)c1C. The van der Waals surface area contributed by atoms with E-state index < -0.39 is 0 Å². The minimum Gasteiger partial charge on any atom is -0.355 e. The van der Waals surface area contributed by atoms with Gasteiger partial charge in [0.1, 0.15) is 0 Å². The minimum absolute atomic E-state index is 1.05. The van der Waals surface area contributed by atoms with Crippen molar-refractivity contribution in [1.29, 1.82) is 0 Å². The molecule has 0 aliphatic heterocycles. The van der Waals surface area contributed by atoms with Crippen molar-refractivity contribution in [1.82, 2.24) is 4.98 Å². The van der Waals surface area contributed by atoms with Gasteiger partial charge in [0.15, 0.2) is 0 Å². The zero-order valence-electron chi connectivity index (χ0n) is 9.38. The molecule has 0 radical (unpaired) electrons. The van der Waals surface area contributed by atoms with Crippen LogP contribution in [0.3, 0.4) is 0 Å². The Morgan fingerprint density at radius 3 is 2.60 bits per heavy atom. The molecule has 0 fully saturated rings. The fraction of sp³-hybridized carbons (Fsp3) is 0.143. The number of allylic oxidation sites excluding steroid dienone is 4. The van der Waals surface area contributed by atoms with Crippen LogP contribution in [-0.4, -0.2) is 4.98 Å². The van der Waals surface area contributed by atoms with Gasteiger partial charge in [0.2, 0.25) is 0 Å². The number of nitrogens with one attached hydrogen (secondary N) is 1. The highest BCUT2D eigenvalue weighted by Gasteiger charge is 1.97. The highest BCUT2D eigenvalue weighted by molar-refractivity contribution is 5.53. The molecular formula is C14H17N. The minimum atomic E-state index is 1.05. The molecule has 1 heteroatoms. The smallest absolute Gasteiger partial charge is 0.0455 e. The molecule has 78 valence electrons. The van der Waals surface area contributed by atoms with E-state index in [9.17, 15) is 0 Å². The second kappa shape index (κ2) is 5.20. The zero-order chi connectivity index (χ0) is 11.3. The molecule has 0 unspecified atom stereocenters. The maximum Gasteiger partial charge on any atom is 0.0455 e. The van der Waals surface area contributed by atoms with E-state index in [2.05, 4.69) is 25.1 Å². The van der Waals surface area contributed by atoms with Gasteiger partial charge in [-0.3, -0.25) is 0 Å². The molecule has 1 heterocycles. The predicted octanol–water partition coefficient (Wildman–Crippen LogP) is 2.29. The number of aromatic nitrogens is 1. The second-order valence-corrected chi connectivity index (χ2v) is 3.34. The van der Waals surface area contributed by atoms with E-state index in [1.165, 1.54) is 5.56 Å². The van der Waals surface area contributed by atoms with Crippen LogP contribution in [0.1, 0.15) is 18.2 Å². The van der Waals surface area contributed by atoms with E-state index in [1.807, 2.05) is 37.3 Å². The summed E-state index contributed by atoms with van der Waals surface area (Å²) in [6.07, 6.45) is 11.7. The topological polar surface area (TPSA) is 15.8 Å². The first-order valence-corrected chi connectivity index (χ1v) is 5.00. The molecule has 0 bridgehead atoms. The monoisotopic (exact) mass is 199 g/mol. The Bertz CT molecular complexity index is 498. The lowest BCUT2D eigenvalue weighted by Crippen LogP contribution is -2.21. The summed E-state index contributed by atoms with van der Waals surface area (Å²) in [5.74, 6) is 0. The van der Waals surface area contributed by atoms with Crippen LogP contribution >= 0.6 is 0 Å². The van der Waals surface area contributed by atoms with Crippen molar-refractivity contribution in [3.63, 3.8) is 0 Å². The molecule has 0 saturated heterocycles. The van der Waals surface area contributed by atoms with Crippen LogP contribution < -0.4 is 10.6 Å². The summed E-state index contributed by atoms with van der Waals surface area (Å²) in [5.41, 5.74) is 2.28. The zero-order valence-corrected chi connectivity index (χ0v) is 9.38. The largest absolute Gasteiger partial charge is 0.355 e. The van der Waals surface area contributed by atoms with E-state index in [4.69, 9.17) is 0 Å².